The van der Waals surface area contributed by atoms with Gasteiger partial charge in [0.25, 0.3) is 0 Å². The van der Waals surface area contributed by atoms with Crippen molar-refractivity contribution in [2.75, 3.05) is 17.1 Å². The van der Waals surface area contributed by atoms with Crippen molar-refractivity contribution in [1.29, 1.82) is 0 Å². The largest absolute Gasteiger partial charge is 0.489 e. The van der Waals surface area contributed by atoms with Crippen molar-refractivity contribution < 1.29 is 22.7 Å². The van der Waals surface area contributed by atoms with Crippen molar-refractivity contribution in [2.45, 2.75) is 45.5 Å². The molecule has 4 aromatic carbocycles. The number of rotatable bonds is 14. The molecule has 0 spiro atoms. The van der Waals surface area contributed by atoms with E-state index in [0.29, 0.717) is 23.1 Å². The molecule has 0 saturated heterocycles. The first-order chi connectivity index (χ1) is 21.5. The average molecular weight is 648 g/mol. The lowest BCUT2D eigenvalue weighted by atomic mass is 10.0. The molecule has 2 amide bonds. The number of benzene rings is 4. The lowest BCUT2D eigenvalue weighted by Gasteiger charge is -2.34. The Kier molecular flexibility index (Phi) is 11.6. The number of carbonyl (C=O) groups is 2. The fourth-order valence-electron chi connectivity index (χ4n) is 4.78. The second-order valence-electron chi connectivity index (χ2n) is 11.1. The van der Waals surface area contributed by atoms with Crippen LogP contribution in [0.1, 0.15) is 30.5 Å². The quantitative estimate of drug-likeness (QED) is 0.185. The summed E-state index contributed by atoms with van der Waals surface area (Å²) in [6, 6.07) is 31.5. The van der Waals surface area contributed by atoms with Gasteiger partial charge in [0.2, 0.25) is 21.8 Å². The zero-order chi connectivity index (χ0) is 32.4. The molecule has 0 saturated carbocycles. The van der Waals surface area contributed by atoms with Crippen LogP contribution in [0.5, 0.6) is 5.75 Å². The number of anilines is 1. The smallest absolute Gasteiger partial charge is 0.244 e. The van der Waals surface area contributed by atoms with E-state index in [0.717, 1.165) is 27.3 Å². The number of amides is 2. The number of halogens is 1. The Morgan fingerprint density at radius 2 is 1.38 bits per heavy atom. The van der Waals surface area contributed by atoms with E-state index in [2.05, 4.69) is 5.32 Å². The predicted molar refractivity (Wildman–Crippen MR) is 179 cm³/mol. The molecule has 0 unspecified atom stereocenters. The zero-order valence-corrected chi connectivity index (χ0v) is 27.2. The van der Waals surface area contributed by atoms with Crippen molar-refractivity contribution in [1.82, 2.24) is 10.2 Å². The van der Waals surface area contributed by atoms with Gasteiger partial charge in [-0.3, -0.25) is 13.9 Å². The fourth-order valence-corrected chi connectivity index (χ4v) is 5.76. The molecule has 10 heteroatoms. The van der Waals surface area contributed by atoms with Gasteiger partial charge >= 0.3 is 0 Å². The molecule has 1 atom stereocenters. The maximum Gasteiger partial charge on any atom is 0.244 e. The summed E-state index contributed by atoms with van der Waals surface area (Å²) >= 11 is 6.11. The molecule has 4 rings (SSSR count). The number of sulfonamides is 1. The Bertz CT molecular complexity index is 1650. The van der Waals surface area contributed by atoms with E-state index in [1.807, 2.05) is 74.5 Å². The van der Waals surface area contributed by atoms with E-state index in [1.54, 1.807) is 48.5 Å². The third-order valence-electron chi connectivity index (χ3n) is 7.02. The maximum absolute atomic E-state index is 14.2. The van der Waals surface area contributed by atoms with Gasteiger partial charge in [-0.25, -0.2) is 8.42 Å². The number of nitrogens with zero attached hydrogens (tertiary/aromatic N) is 2. The average Bonchev–Trinajstić information content (AvgIpc) is 3.02. The molecule has 236 valence electrons. The van der Waals surface area contributed by atoms with Crippen molar-refractivity contribution in [3.05, 3.63) is 131 Å². The van der Waals surface area contributed by atoms with Crippen molar-refractivity contribution in [2.24, 2.45) is 0 Å². The van der Waals surface area contributed by atoms with Gasteiger partial charge in [-0.05, 0) is 66.9 Å². The predicted octanol–water partition coefficient (Wildman–Crippen LogP) is 5.85. The third-order valence-corrected chi connectivity index (χ3v) is 8.41. The lowest BCUT2D eigenvalue weighted by molar-refractivity contribution is -0.140. The summed E-state index contributed by atoms with van der Waals surface area (Å²) in [7, 11) is -3.89. The molecule has 1 N–H and O–H groups in total. The molecule has 8 nitrogen and oxygen atoms in total. The molecule has 0 fully saturated rings. The number of hydrogen-bond acceptors (Lipinski definition) is 5. The summed E-state index contributed by atoms with van der Waals surface area (Å²) < 4.78 is 33.0. The number of hydrogen-bond donors (Lipinski definition) is 1. The highest BCUT2D eigenvalue weighted by molar-refractivity contribution is 7.92. The fraction of sp³-hybridized carbons (Fsp3) is 0.257. The van der Waals surface area contributed by atoms with Crippen LogP contribution in [0.3, 0.4) is 0 Å². The Morgan fingerprint density at radius 1 is 0.800 bits per heavy atom. The van der Waals surface area contributed by atoms with Crippen molar-refractivity contribution in [3.63, 3.8) is 0 Å². The van der Waals surface area contributed by atoms with Gasteiger partial charge in [0.15, 0.2) is 0 Å². The van der Waals surface area contributed by atoms with Gasteiger partial charge in [-0.15, -0.1) is 0 Å². The van der Waals surface area contributed by atoms with E-state index in [1.165, 1.54) is 4.90 Å². The summed E-state index contributed by atoms with van der Waals surface area (Å²) in [6.07, 6.45) is 1.29. The minimum Gasteiger partial charge on any atom is -0.489 e. The second kappa shape index (κ2) is 15.6. The minimum absolute atomic E-state index is 0.0723. The summed E-state index contributed by atoms with van der Waals surface area (Å²) in [5.41, 5.74) is 2.91. The van der Waals surface area contributed by atoms with Gasteiger partial charge in [0.05, 0.1) is 11.9 Å². The highest BCUT2D eigenvalue weighted by Crippen LogP contribution is 2.24. The standard InChI is InChI=1S/C35H38ClN3O5S/c1-26(2)37-35(41)33(22-27-10-6-4-7-11-27)38(23-28-14-16-30(36)17-15-28)34(40)24-39(45(3,42)43)31-18-20-32(21-19-31)44-25-29-12-8-5-9-13-29/h4-21,26,33H,22-25H2,1-3H3,(H,37,41)/t33-/m1/s1. The maximum atomic E-state index is 14.2. The number of ether oxygens (including phenoxy) is 1. The lowest BCUT2D eigenvalue weighted by Crippen LogP contribution is -2.54. The topological polar surface area (TPSA) is 96.0 Å². The van der Waals surface area contributed by atoms with E-state index >= 15 is 0 Å². The minimum atomic E-state index is -3.89. The summed E-state index contributed by atoms with van der Waals surface area (Å²) in [5.74, 6) is -0.304. The van der Waals surface area contributed by atoms with Crippen LogP contribution in [0.2, 0.25) is 5.02 Å². The monoisotopic (exact) mass is 647 g/mol. The highest BCUT2D eigenvalue weighted by atomic mass is 35.5. The van der Waals surface area contributed by atoms with Crippen LogP contribution in [-0.2, 0) is 39.2 Å². The number of carbonyl (C=O) groups excluding carboxylic acids is 2. The van der Waals surface area contributed by atoms with E-state index in [-0.39, 0.29) is 24.9 Å². The zero-order valence-electron chi connectivity index (χ0n) is 25.6. The van der Waals surface area contributed by atoms with Gasteiger partial charge < -0.3 is 15.0 Å². The number of nitrogens with one attached hydrogen (secondary N) is 1. The Balaban J connectivity index is 1.63. The second-order valence-corrected chi connectivity index (χ2v) is 13.4. The van der Waals surface area contributed by atoms with Gasteiger partial charge in [-0.2, -0.15) is 0 Å². The first-order valence-electron chi connectivity index (χ1n) is 14.6. The molecule has 0 radical (unpaired) electrons. The van der Waals surface area contributed by atoms with Gasteiger partial charge in [0.1, 0.15) is 24.9 Å². The molecular formula is C35H38ClN3O5S. The van der Waals surface area contributed by atoms with Crippen LogP contribution < -0.4 is 14.4 Å². The molecule has 0 aliphatic rings. The van der Waals surface area contributed by atoms with Gasteiger partial charge in [0, 0.05) is 24.0 Å². The van der Waals surface area contributed by atoms with Crippen LogP contribution in [0, 0.1) is 0 Å². The summed E-state index contributed by atoms with van der Waals surface area (Å²) in [6.45, 7) is 3.62. The Labute approximate surface area is 270 Å². The van der Waals surface area contributed by atoms with Gasteiger partial charge in [-0.1, -0.05) is 84.4 Å². The summed E-state index contributed by atoms with van der Waals surface area (Å²) in [4.78, 5) is 29.3. The molecule has 0 heterocycles. The molecule has 0 aliphatic carbocycles. The van der Waals surface area contributed by atoms with E-state index < -0.39 is 28.5 Å². The van der Waals surface area contributed by atoms with Crippen molar-refractivity contribution >= 4 is 39.1 Å². The first-order valence-corrected chi connectivity index (χ1v) is 16.8. The third kappa shape index (κ3) is 10.1. The molecule has 4 aromatic rings. The molecule has 0 aliphatic heterocycles. The van der Waals surface area contributed by atoms with E-state index in [9.17, 15) is 18.0 Å². The molecule has 0 bridgehead atoms. The van der Waals surface area contributed by atoms with Crippen LogP contribution in [-0.4, -0.2) is 50.0 Å². The molecular weight excluding hydrogens is 610 g/mol. The Morgan fingerprint density at radius 3 is 1.93 bits per heavy atom. The van der Waals surface area contributed by atoms with Crippen molar-refractivity contribution in [3.8, 4) is 5.75 Å². The van der Waals surface area contributed by atoms with E-state index in [4.69, 9.17) is 16.3 Å². The molecule has 45 heavy (non-hydrogen) atoms. The molecule has 0 aromatic heterocycles. The Hall–Kier alpha value is -4.34. The van der Waals surface area contributed by atoms with Crippen LogP contribution in [0.15, 0.2) is 109 Å². The highest BCUT2D eigenvalue weighted by Gasteiger charge is 2.33. The van der Waals surface area contributed by atoms with Crippen LogP contribution in [0.25, 0.3) is 0 Å². The SMILES string of the molecule is CC(C)NC(=O)[C@@H](Cc1ccccc1)N(Cc1ccc(Cl)cc1)C(=O)CN(c1ccc(OCc2ccccc2)cc1)S(C)(=O)=O. The van der Waals surface area contributed by atoms with Crippen LogP contribution in [0.4, 0.5) is 5.69 Å². The summed E-state index contributed by atoms with van der Waals surface area (Å²) in [5, 5.41) is 3.48. The first kappa shape index (κ1) is 33.6. The normalized spacial score (nSPS) is 11.9. The van der Waals surface area contributed by atoms with Crippen LogP contribution >= 0.6 is 11.6 Å².